The summed E-state index contributed by atoms with van der Waals surface area (Å²) >= 11 is 0. The lowest BCUT2D eigenvalue weighted by molar-refractivity contribution is 0.800. The maximum atomic E-state index is 11.1. The Kier molecular flexibility index (Phi) is 2.17. The van der Waals surface area contributed by atoms with Gasteiger partial charge in [0.25, 0.3) is 5.56 Å². The summed E-state index contributed by atoms with van der Waals surface area (Å²) in [5.74, 6) is 0.795. The number of aromatic amines is 1. The lowest BCUT2D eigenvalue weighted by Gasteiger charge is -2.07. The largest absolute Gasteiger partial charge is 0.393 e. The van der Waals surface area contributed by atoms with Crippen molar-refractivity contribution in [3.05, 3.63) is 21.9 Å². The van der Waals surface area contributed by atoms with Gasteiger partial charge in [-0.1, -0.05) is 13.8 Å². The van der Waals surface area contributed by atoms with Crippen molar-refractivity contribution < 1.29 is 0 Å². The van der Waals surface area contributed by atoms with E-state index < -0.39 is 0 Å². The molecule has 0 saturated heterocycles. The highest BCUT2D eigenvalue weighted by molar-refractivity contribution is 5.41. The van der Waals surface area contributed by atoms with Gasteiger partial charge in [0.05, 0.1) is 5.69 Å². The van der Waals surface area contributed by atoms with Crippen LogP contribution >= 0.6 is 0 Å². The topological polar surface area (TPSA) is 71.8 Å². The van der Waals surface area contributed by atoms with Crippen LogP contribution in [0.15, 0.2) is 4.79 Å². The molecule has 0 atom stereocenters. The van der Waals surface area contributed by atoms with Crippen molar-refractivity contribution in [2.45, 2.75) is 26.7 Å². The molecule has 1 aromatic heterocycles. The van der Waals surface area contributed by atoms with Crippen molar-refractivity contribution in [2.75, 3.05) is 5.73 Å². The number of nitrogen functional groups attached to an aromatic ring is 1. The molecule has 4 heteroatoms. The molecule has 4 nitrogen and oxygen atoms in total. The number of hydrogen-bond donors (Lipinski definition) is 2. The van der Waals surface area contributed by atoms with E-state index in [-0.39, 0.29) is 17.2 Å². The SMILES string of the molecule is Cc1nc(C(C)C)c(N)c(=O)[nH]1. The summed E-state index contributed by atoms with van der Waals surface area (Å²) in [4.78, 5) is 17.8. The van der Waals surface area contributed by atoms with Crippen molar-refractivity contribution in [3.63, 3.8) is 0 Å². The smallest absolute Gasteiger partial charge is 0.274 e. The number of H-pyrrole nitrogens is 1. The van der Waals surface area contributed by atoms with Crippen LogP contribution < -0.4 is 11.3 Å². The second-order valence-electron chi connectivity index (χ2n) is 3.10. The molecule has 0 fully saturated rings. The standard InChI is InChI=1S/C8H13N3O/c1-4(2)7-6(9)8(12)11-5(3)10-7/h4H,9H2,1-3H3,(H,10,11,12). The van der Waals surface area contributed by atoms with Gasteiger partial charge in [0.2, 0.25) is 0 Å². The summed E-state index contributed by atoms with van der Waals surface area (Å²) in [6.45, 7) is 5.65. The molecule has 0 saturated carbocycles. The minimum absolute atomic E-state index is 0.186. The Labute approximate surface area is 70.8 Å². The first kappa shape index (κ1) is 8.77. The Bertz CT molecular complexity index is 341. The van der Waals surface area contributed by atoms with Gasteiger partial charge < -0.3 is 10.7 Å². The summed E-state index contributed by atoms with van der Waals surface area (Å²) in [5, 5.41) is 0. The molecule has 66 valence electrons. The van der Waals surface area contributed by atoms with Crippen molar-refractivity contribution in [3.8, 4) is 0 Å². The zero-order chi connectivity index (χ0) is 9.30. The zero-order valence-corrected chi connectivity index (χ0v) is 7.51. The van der Waals surface area contributed by atoms with Gasteiger partial charge in [-0.2, -0.15) is 0 Å². The van der Waals surface area contributed by atoms with Crippen LogP contribution in [0.4, 0.5) is 5.69 Å². The average molecular weight is 167 g/mol. The van der Waals surface area contributed by atoms with E-state index >= 15 is 0 Å². The fraction of sp³-hybridized carbons (Fsp3) is 0.500. The molecule has 1 aromatic rings. The van der Waals surface area contributed by atoms with Crippen LogP contribution in [0.25, 0.3) is 0 Å². The Morgan fingerprint density at radius 1 is 1.50 bits per heavy atom. The predicted octanol–water partition coefficient (Wildman–Crippen LogP) is 0.784. The zero-order valence-electron chi connectivity index (χ0n) is 7.51. The number of aromatic nitrogens is 2. The molecule has 0 amide bonds. The van der Waals surface area contributed by atoms with Crippen LogP contribution in [0, 0.1) is 6.92 Å². The Morgan fingerprint density at radius 2 is 2.08 bits per heavy atom. The maximum absolute atomic E-state index is 11.1. The highest BCUT2D eigenvalue weighted by atomic mass is 16.1. The van der Waals surface area contributed by atoms with E-state index in [4.69, 9.17) is 5.73 Å². The lowest BCUT2D eigenvalue weighted by Crippen LogP contribution is -2.18. The van der Waals surface area contributed by atoms with Crippen molar-refractivity contribution >= 4 is 5.69 Å². The number of nitrogens with two attached hydrogens (primary N) is 1. The van der Waals surface area contributed by atoms with E-state index in [1.54, 1.807) is 6.92 Å². The second-order valence-corrected chi connectivity index (χ2v) is 3.10. The van der Waals surface area contributed by atoms with Crippen LogP contribution in [0.3, 0.4) is 0 Å². The number of nitrogens with one attached hydrogen (secondary N) is 1. The second kappa shape index (κ2) is 2.97. The molecule has 0 unspecified atom stereocenters. The Morgan fingerprint density at radius 3 is 2.58 bits per heavy atom. The van der Waals surface area contributed by atoms with E-state index in [1.165, 1.54) is 0 Å². The monoisotopic (exact) mass is 167 g/mol. The third-order valence-electron chi connectivity index (χ3n) is 1.65. The van der Waals surface area contributed by atoms with E-state index in [1.807, 2.05) is 13.8 Å². The molecule has 0 aromatic carbocycles. The minimum atomic E-state index is -0.244. The molecule has 0 aliphatic rings. The van der Waals surface area contributed by atoms with E-state index in [0.29, 0.717) is 11.5 Å². The molecule has 0 bridgehead atoms. The van der Waals surface area contributed by atoms with Gasteiger partial charge in [0.1, 0.15) is 11.5 Å². The summed E-state index contributed by atoms with van der Waals surface area (Å²) in [5.41, 5.74) is 6.21. The number of anilines is 1. The summed E-state index contributed by atoms with van der Waals surface area (Å²) < 4.78 is 0. The molecule has 1 rings (SSSR count). The van der Waals surface area contributed by atoms with Crippen LogP contribution in [0.5, 0.6) is 0 Å². The Hall–Kier alpha value is -1.32. The third kappa shape index (κ3) is 1.47. The normalized spacial score (nSPS) is 10.7. The third-order valence-corrected chi connectivity index (χ3v) is 1.65. The lowest BCUT2D eigenvalue weighted by atomic mass is 10.1. The van der Waals surface area contributed by atoms with Gasteiger partial charge in [-0.05, 0) is 12.8 Å². The predicted molar refractivity (Wildman–Crippen MR) is 48.1 cm³/mol. The van der Waals surface area contributed by atoms with Gasteiger partial charge in [-0.3, -0.25) is 4.79 Å². The van der Waals surface area contributed by atoms with E-state index in [2.05, 4.69) is 9.97 Å². The number of aryl methyl sites for hydroxylation is 1. The molecular weight excluding hydrogens is 154 g/mol. The molecule has 0 radical (unpaired) electrons. The highest BCUT2D eigenvalue weighted by Crippen LogP contribution is 2.14. The summed E-state index contributed by atoms with van der Waals surface area (Å²) in [6, 6.07) is 0. The molecule has 1 heterocycles. The van der Waals surface area contributed by atoms with Crippen molar-refractivity contribution in [1.82, 2.24) is 9.97 Å². The van der Waals surface area contributed by atoms with Crippen LogP contribution in [0.1, 0.15) is 31.3 Å². The average Bonchev–Trinajstić information content (AvgIpc) is 1.96. The molecule has 3 N–H and O–H groups in total. The van der Waals surface area contributed by atoms with Gasteiger partial charge in [-0.15, -0.1) is 0 Å². The first-order valence-corrected chi connectivity index (χ1v) is 3.88. The van der Waals surface area contributed by atoms with Gasteiger partial charge in [0.15, 0.2) is 0 Å². The fourth-order valence-electron chi connectivity index (χ4n) is 1.06. The van der Waals surface area contributed by atoms with Crippen LogP contribution in [0.2, 0.25) is 0 Å². The highest BCUT2D eigenvalue weighted by Gasteiger charge is 2.09. The maximum Gasteiger partial charge on any atom is 0.274 e. The van der Waals surface area contributed by atoms with Crippen LogP contribution in [-0.4, -0.2) is 9.97 Å². The summed E-state index contributed by atoms with van der Waals surface area (Å²) in [7, 11) is 0. The summed E-state index contributed by atoms with van der Waals surface area (Å²) in [6.07, 6.45) is 0. The molecule has 0 spiro atoms. The fourth-order valence-corrected chi connectivity index (χ4v) is 1.06. The van der Waals surface area contributed by atoms with Gasteiger partial charge >= 0.3 is 0 Å². The Balaban J connectivity index is 3.38. The number of rotatable bonds is 1. The number of hydrogen-bond acceptors (Lipinski definition) is 3. The van der Waals surface area contributed by atoms with Gasteiger partial charge in [-0.25, -0.2) is 4.98 Å². The minimum Gasteiger partial charge on any atom is -0.393 e. The van der Waals surface area contributed by atoms with Gasteiger partial charge in [0, 0.05) is 0 Å². The van der Waals surface area contributed by atoms with E-state index in [0.717, 1.165) is 0 Å². The first-order chi connectivity index (χ1) is 5.52. The van der Waals surface area contributed by atoms with Crippen LogP contribution in [-0.2, 0) is 0 Å². The van der Waals surface area contributed by atoms with Crippen molar-refractivity contribution in [1.29, 1.82) is 0 Å². The molecule has 0 aliphatic heterocycles. The molecule has 0 aliphatic carbocycles. The van der Waals surface area contributed by atoms with Crippen molar-refractivity contribution in [2.24, 2.45) is 0 Å². The number of nitrogens with zero attached hydrogens (tertiary/aromatic N) is 1. The quantitative estimate of drug-likeness (QED) is 0.649. The van der Waals surface area contributed by atoms with E-state index in [9.17, 15) is 4.79 Å². The first-order valence-electron chi connectivity index (χ1n) is 3.88. The molecular formula is C8H13N3O. The molecule has 12 heavy (non-hydrogen) atoms.